The molecule has 0 saturated heterocycles. The summed E-state index contributed by atoms with van der Waals surface area (Å²) in [6.45, 7) is 4.02. The molecule has 3 heteroatoms. The second-order valence-corrected chi connectivity index (χ2v) is 5.32. The van der Waals surface area contributed by atoms with Crippen LogP contribution in [0.4, 0.5) is 5.69 Å². The van der Waals surface area contributed by atoms with E-state index >= 15 is 0 Å². The van der Waals surface area contributed by atoms with Gasteiger partial charge >= 0.3 is 0 Å². The number of ether oxygens (including phenoxy) is 1. The maximum Gasteiger partial charge on any atom is 0.123 e. The molecule has 2 aromatic carbocycles. The molecular weight excluding hydrogens is 260 g/mol. The van der Waals surface area contributed by atoms with Crippen LogP contribution in [0.15, 0.2) is 54.6 Å². The van der Waals surface area contributed by atoms with Gasteiger partial charge in [-0.1, -0.05) is 36.4 Å². The van der Waals surface area contributed by atoms with Gasteiger partial charge in [0, 0.05) is 30.4 Å². The molecule has 1 atom stereocenters. The molecule has 2 rings (SSSR count). The third-order valence-electron chi connectivity index (χ3n) is 3.74. The van der Waals surface area contributed by atoms with E-state index in [1.54, 1.807) is 7.11 Å². The van der Waals surface area contributed by atoms with Gasteiger partial charge in [-0.2, -0.15) is 0 Å². The third kappa shape index (κ3) is 4.50. The largest absolute Gasteiger partial charge is 0.496 e. The number of para-hydroxylation sites is 2. The Bertz CT molecular complexity index is 542. The highest BCUT2D eigenvalue weighted by Gasteiger charge is 2.11. The van der Waals surface area contributed by atoms with Gasteiger partial charge in [0.05, 0.1) is 7.11 Å². The first kappa shape index (κ1) is 15.4. The SMILES string of the molecule is COc1ccccc1CN(C)C(C)CNc1ccccc1. The lowest BCUT2D eigenvalue weighted by Crippen LogP contribution is -2.34. The van der Waals surface area contributed by atoms with Crippen LogP contribution in [0.2, 0.25) is 0 Å². The molecule has 0 radical (unpaired) electrons. The van der Waals surface area contributed by atoms with Gasteiger partial charge in [0.2, 0.25) is 0 Å². The van der Waals surface area contributed by atoms with E-state index in [0.717, 1.165) is 24.5 Å². The summed E-state index contributed by atoms with van der Waals surface area (Å²) in [6, 6.07) is 18.9. The summed E-state index contributed by atoms with van der Waals surface area (Å²) in [5.74, 6) is 0.951. The first-order chi connectivity index (χ1) is 10.2. The molecule has 0 fully saturated rings. The Hall–Kier alpha value is -2.00. The first-order valence-electron chi connectivity index (χ1n) is 7.31. The van der Waals surface area contributed by atoms with E-state index in [-0.39, 0.29) is 0 Å². The topological polar surface area (TPSA) is 24.5 Å². The van der Waals surface area contributed by atoms with Gasteiger partial charge in [0.1, 0.15) is 5.75 Å². The van der Waals surface area contributed by atoms with Crippen LogP contribution in [-0.2, 0) is 6.54 Å². The van der Waals surface area contributed by atoms with E-state index in [1.807, 2.05) is 30.3 Å². The second kappa shape index (κ2) is 7.70. The summed E-state index contributed by atoms with van der Waals surface area (Å²) < 4.78 is 5.41. The molecule has 21 heavy (non-hydrogen) atoms. The van der Waals surface area contributed by atoms with E-state index in [9.17, 15) is 0 Å². The van der Waals surface area contributed by atoms with Crippen molar-refractivity contribution in [3.63, 3.8) is 0 Å². The Morgan fingerprint density at radius 2 is 1.71 bits per heavy atom. The van der Waals surface area contributed by atoms with Crippen LogP contribution in [0.3, 0.4) is 0 Å². The van der Waals surface area contributed by atoms with E-state index in [4.69, 9.17) is 4.74 Å². The molecule has 3 nitrogen and oxygen atoms in total. The van der Waals surface area contributed by atoms with Crippen molar-refractivity contribution < 1.29 is 4.74 Å². The van der Waals surface area contributed by atoms with Crippen molar-refractivity contribution in [3.8, 4) is 5.75 Å². The van der Waals surface area contributed by atoms with Crippen molar-refractivity contribution in [1.29, 1.82) is 0 Å². The average molecular weight is 284 g/mol. The molecule has 1 N–H and O–H groups in total. The van der Waals surface area contributed by atoms with E-state index in [2.05, 4.69) is 48.5 Å². The number of hydrogen-bond donors (Lipinski definition) is 1. The number of likely N-dealkylation sites (N-methyl/N-ethyl adjacent to an activating group) is 1. The van der Waals surface area contributed by atoms with Gasteiger partial charge in [0.15, 0.2) is 0 Å². The molecule has 112 valence electrons. The quantitative estimate of drug-likeness (QED) is 0.840. The van der Waals surface area contributed by atoms with E-state index in [0.29, 0.717) is 6.04 Å². The van der Waals surface area contributed by atoms with Gasteiger partial charge in [-0.3, -0.25) is 4.90 Å². The van der Waals surface area contributed by atoms with Crippen molar-refractivity contribution in [3.05, 3.63) is 60.2 Å². The zero-order valence-electron chi connectivity index (χ0n) is 13.0. The number of nitrogens with zero attached hydrogens (tertiary/aromatic N) is 1. The Labute approximate surface area is 127 Å². The van der Waals surface area contributed by atoms with E-state index in [1.165, 1.54) is 5.56 Å². The van der Waals surface area contributed by atoms with Crippen LogP contribution >= 0.6 is 0 Å². The van der Waals surface area contributed by atoms with Gasteiger partial charge in [-0.05, 0) is 32.2 Å². The standard InChI is InChI=1S/C18H24N2O/c1-15(13-19-17-10-5-4-6-11-17)20(2)14-16-9-7-8-12-18(16)21-3/h4-12,15,19H,13-14H2,1-3H3. The Kier molecular flexibility index (Phi) is 5.64. The number of methoxy groups -OCH3 is 1. The van der Waals surface area contributed by atoms with Crippen LogP contribution < -0.4 is 10.1 Å². The lowest BCUT2D eigenvalue weighted by molar-refractivity contribution is 0.255. The predicted molar refractivity (Wildman–Crippen MR) is 88.9 cm³/mol. The molecular formula is C18H24N2O. The highest BCUT2D eigenvalue weighted by molar-refractivity contribution is 5.42. The molecule has 0 heterocycles. The maximum atomic E-state index is 5.41. The molecule has 0 amide bonds. The summed E-state index contributed by atoms with van der Waals surface area (Å²) in [5, 5.41) is 3.47. The minimum Gasteiger partial charge on any atom is -0.496 e. The van der Waals surface area contributed by atoms with Crippen molar-refractivity contribution >= 4 is 5.69 Å². The molecule has 1 unspecified atom stereocenters. The molecule has 0 bridgehead atoms. The molecule has 0 aromatic heterocycles. The molecule has 0 aliphatic rings. The van der Waals surface area contributed by atoms with E-state index < -0.39 is 0 Å². The molecule has 0 aliphatic heterocycles. The summed E-state index contributed by atoms with van der Waals surface area (Å²) in [6.07, 6.45) is 0. The number of hydrogen-bond acceptors (Lipinski definition) is 3. The van der Waals surface area contributed by atoms with Crippen molar-refractivity contribution in [1.82, 2.24) is 4.90 Å². The monoisotopic (exact) mass is 284 g/mol. The van der Waals surface area contributed by atoms with Gasteiger partial charge < -0.3 is 10.1 Å². The Morgan fingerprint density at radius 1 is 1.05 bits per heavy atom. The van der Waals surface area contributed by atoms with Crippen LogP contribution in [-0.4, -0.2) is 31.6 Å². The summed E-state index contributed by atoms with van der Waals surface area (Å²) >= 11 is 0. The van der Waals surface area contributed by atoms with Crippen molar-refractivity contribution in [2.75, 3.05) is 26.0 Å². The predicted octanol–water partition coefficient (Wildman–Crippen LogP) is 3.63. The zero-order chi connectivity index (χ0) is 15.1. The number of anilines is 1. The van der Waals surface area contributed by atoms with Gasteiger partial charge in [0.25, 0.3) is 0 Å². The lowest BCUT2D eigenvalue weighted by atomic mass is 10.1. The smallest absolute Gasteiger partial charge is 0.123 e. The van der Waals surface area contributed by atoms with Crippen molar-refractivity contribution in [2.24, 2.45) is 0 Å². The van der Waals surface area contributed by atoms with Crippen LogP contribution in [0.25, 0.3) is 0 Å². The molecule has 0 spiro atoms. The lowest BCUT2D eigenvalue weighted by Gasteiger charge is -2.26. The molecule has 0 saturated carbocycles. The van der Waals surface area contributed by atoms with Crippen LogP contribution in [0.5, 0.6) is 5.75 Å². The Morgan fingerprint density at radius 3 is 2.43 bits per heavy atom. The van der Waals surface area contributed by atoms with Crippen LogP contribution in [0, 0.1) is 0 Å². The fraction of sp³-hybridized carbons (Fsp3) is 0.333. The third-order valence-corrected chi connectivity index (χ3v) is 3.74. The maximum absolute atomic E-state index is 5.41. The normalized spacial score (nSPS) is 12.2. The minimum absolute atomic E-state index is 0.426. The van der Waals surface area contributed by atoms with Gasteiger partial charge in [-0.25, -0.2) is 0 Å². The molecule has 0 aliphatic carbocycles. The minimum atomic E-state index is 0.426. The van der Waals surface area contributed by atoms with Crippen molar-refractivity contribution in [2.45, 2.75) is 19.5 Å². The second-order valence-electron chi connectivity index (χ2n) is 5.32. The van der Waals surface area contributed by atoms with Crippen LogP contribution in [0.1, 0.15) is 12.5 Å². The summed E-state index contributed by atoms with van der Waals surface area (Å²) in [4.78, 5) is 2.33. The highest BCUT2D eigenvalue weighted by atomic mass is 16.5. The highest BCUT2D eigenvalue weighted by Crippen LogP contribution is 2.19. The molecule has 2 aromatic rings. The fourth-order valence-corrected chi connectivity index (χ4v) is 2.24. The zero-order valence-corrected chi connectivity index (χ0v) is 13.0. The fourth-order valence-electron chi connectivity index (χ4n) is 2.24. The number of rotatable bonds is 7. The Balaban J connectivity index is 1.89. The van der Waals surface area contributed by atoms with Gasteiger partial charge in [-0.15, -0.1) is 0 Å². The average Bonchev–Trinajstić information content (AvgIpc) is 2.54. The number of nitrogens with one attached hydrogen (secondary N) is 1. The summed E-state index contributed by atoms with van der Waals surface area (Å²) in [7, 11) is 3.86. The number of benzene rings is 2. The summed E-state index contributed by atoms with van der Waals surface area (Å²) in [5.41, 5.74) is 2.38. The first-order valence-corrected chi connectivity index (χ1v) is 7.31.